The average molecular weight is 629 g/mol. The number of nitrogens with zero attached hydrogens (tertiary/aromatic N) is 1. The minimum absolute atomic E-state index is 0.0304. The maximum Gasteiger partial charge on any atom is 0.416 e. The molecule has 0 unspecified atom stereocenters. The third-order valence-electron chi connectivity index (χ3n) is 6.74. The monoisotopic (exact) mass is 629 g/mol. The topological polar surface area (TPSA) is 12.9 Å². The predicted octanol–water partition coefficient (Wildman–Crippen LogP) is 11.3. The third kappa shape index (κ3) is 6.51. The molecule has 0 spiro atoms. The average Bonchev–Trinajstić information content (AvgIpc) is 2.94. The number of pyridine rings is 1. The fraction of sp³-hybridized carbons (Fsp3) is 0.129. The summed E-state index contributed by atoms with van der Waals surface area (Å²) in [7, 11) is 0. The van der Waals surface area contributed by atoms with Crippen LogP contribution in [0.1, 0.15) is 22.3 Å². The Hall–Kier alpha value is -4.55. The maximum absolute atomic E-state index is 13.3. The standard InChI is InChI=1S/C31H15F12N/c32-28(33,34)23-8-20(9-24(13-23)29(35,36)37)16-1-3-17(4-2-16)22-7-19-6-5-18(12-27(19)44-15-22)21-10-25(30(38,39)40)14-26(11-21)31(41,42)43/h1-15H. The molecule has 0 saturated carbocycles. The molecule has 0 aliphatic rings. The molecule has 0 fully saturated rings. The Kier molecular flexibility index (Phi) is 7.42. The van der Waals surface area contributed by atoms with Gasteiger partial charge < -0.3 is 0 Å². The third-order valence-corrected chi connectivity index (χ3v) is 6.74. The van der Waals surface area contributed by atoms with Gasteiger partial charge in [-0.2, -0.15) is 52.7 Å². The van der Waals surface area contributed by atoms with Crippen LogP contribution in [0.3, 0.4) is 0 Å². The molecule has 0 bridgehead atoms. The summed E-state index contributed by atoms with van der Waals surface area (Å²) in [5.74, 6) is 0. The minimum Gasteiger partial charge on any atom is -0.256 e. The Morgan fingerprint density at radius 1 is 0.341 bits per heavy atom. The maximum atomic E-state index is 13.3. The number of hydrogen-bond acceptors (Lipinski definition) is 1. The number of alkyl halides is 12. The van der Waals surface area contributed by atoms with Gasteiger partial charge >= 0.3 is 24.7 Å². The molecule has 0 radical (unpaired) electrons. The molecule has 1 aromatic heterocycles. The first-order valence-corrected chi connectivity index (χ1v) is 12.4. The lowest BCUT2D eigenvalue weighted by Crippen LogP contribution is -2.11. The van der Waals surface area contributed by atoms with Gasteiger partial charge in [-0.05, 0) is 76.3 Å². The van der Waals surface area contributed by atoms with E-state index in [0.29, 0.717) is 40.8 Å². The Labute approximate surface area is 240 Å². The second-order valence-electron chi connectivity index (χ2n) is 9.80. The summed E-state index contributed by atoms with van der Waals surface area (Å²) in [6.07, 6.45) is -18.7. The van der Waals surface area contributed by atoms with Crippen LogP contribution in [-0.2, 0) is 24.7 Å². The highest BCUT2D eigenvalue weighted by Crippen LogP contribution is 2.41. The van der Waals surface area contributed by atoms with Crippen molar-refractivity contribution >= 4 is 10.9 Å². The molecule has 228 valence electrons. The highest BCUT2D eigenvalue weighted by atomic mass is 19.4. The van der Waals surface area contributed by atoms with Crippen LogP contribution in [-0.4, -0.2) is 4.98 Å². The number of fused-ring (bicyclic) bond motifs is 1. The van der Waals surface area contributed by atoms with Crippen molar-refractivity contribution in [2.45, 2.75) is 24.7 Å². The lowest BCUT2D eigenvalue weighted by Gasteiger charge is -2.15. The molecule has 4 aromatic carbocycles. The summed E-state index contributed by atoms with van der Waals surface area (Å²) in [4.78, 5) is 4.25. The predicted molar refractivity (Wildman–Crippen MR) is 138 cm³/mol. The van der Waals surface area contributed by atoms with Crippen LogP contribution in [0.4, 0.5) is 52.7 Å². The van der Waals surface area contributed by atoms with Gasteiger partial charge in [-0.15, -0.1) is 0 Å². The van der Waals surface area contributed by atoms with E-state index in [9.17, 15) is 52.7 Å². The summed E-state index contributed by atoms with van der Waals surface area (Å²) in [6, 6.07) is 13.8. The van der Waals surface area contributed by atoms with E-state index in [2.05, 4.69) is 4.98 Å². The molecule has 0 aliphatic heterocycles. The molecule has 0 aliphatic carbocycles. The molecule has 0 N–H and O–H groups in total. The first kappa shape index (κ1) is 30.9. The highest BCUT2D eigenvalue weighted by Gasteiger charge is 2.38. The fourth-order valence-corrected chi connectivity index (χ4v) is 4.56. The molecule has 1 nitrogen and oxygen atoms in total. The molecular weight excluding hydrogens is 614 g/mol. The van der Waals surface area contributed by atoms with Gasteiger partial charge in [0.05, 0.1) is 27.8 Å². The van der Waals surface area contributed by atoms with Gasteiger partial charge in [0.2, 0.25) is 0 Å². The minimum atomic E-state index is -5.02. The van der Waals surface area contributed by atoms with Crippen molar-refractivity contribution in [1.82, 2.24) is 4.98 Å². The molecule has 44 heavy (non-hydrogen) atoms. The first-order chi connectivity index (χ1) is 20.3. The quantitative estimate of drug-likeness (QED) is 0.181. The van der Waals surface area contributed by atoms with Crippen molar-refractivity contribution < 1.29 is 52.7 Å². The Morgan fingerprint density at radius 3 is 1.11 bits per heavy atom. The van der Waals surface area contributed by atoms with Crippen LogP contribution in [0.15, 0.2) is 91.1 Å². The van der Waals surface area contributed by atoms with Crippen LogP contribution in [0.2, 0.25) is 0 Å². The Bertz CT molecular complexity index is 1780. The zero-order valence-corrected chi connectivity index (χ0v) is 21.6. The summed E-state index contributed by atoms with van der Waals surface area (Å²) in [5, 5.41) is 0.464. The van der Waals surface area contributed by atoms with Crippen molar-refractivity contribution in [3.63, 3.8) is 0 Å². The SMILES string of the molecule is FC(F)(F)c1cc(-c2ccc(-c3cnc4cc(-c5cc(C(F)(F)F)cc(C(F)(F)F)c5)ccc4c3)cc2)cc(C(F)(F)F)c1. The number of aromatic nitrogens is 1. The number of hydrogen-bond donors (Lipinski definition) is 0. The second kappa shape index (κ2) is 10.6. The van der Waals surface area contributed by atoms with Crippen molar-refractivity contribution in [1.29, 1.82) is 0 Å². The van der Waals surface area contributed by atoms with Crippen molar-refractivity contribution in [2.75, 3.05) is 0 Å². The van der Waals surface area contributed by atoms with Gasteiger partial charge in [-0.25, -0.2) is 0 Å². The van der Waals surface area contributed by atoms with E-state index in [1.165, 1.54) is 48.7 Å². The second-order valence-corrected chi connectivity index (χ2v) is 9.80. The van der Waals surface area contributed by atoms with Gasteiger partial charge in [0.15, 0.2) is 0 Å². The molecular formula is C31H15F12N. The van der Waals surface area contributed by atoms with Crippen molar-refractivity contribution in [2.24, 2.45) is 0 Å². The van der Waals surface area contributed by atoms with Gasteiger partial charge in [-0.3, -0.25) is 4.98 Å². The van der Waals surface area contributed by atoms with E-state index in [1.54, 1.807) is 6.07 Å². The summed E-state index contributed by atoms with van der Waals surface area (Å²) in [5.41, 5.74) is -5.10. The largest absolute Gasteiger partial charge is 0.416 e. The number of rotatable bonds is 3. The lowest BCUT2D eigenvalue weighted by atomic mass is 9.96. The van der Waals surface area contributed by atoms with Crippen LogP contribution in [0, 0.1) is 0 Å². The van der Waals surface area contributed by atoms with Crippen LogP contribution >= 0.6 is 0 Å². The smallest absolute Gasteiger partial charge is 0.256 e. The number of benzene rings is 4. The Morgan fingerprint density at radius 2 is 0.705 bits per heavy atom. The first-order valence-electron chi connectivity index (χ1n) is 12.4. The van der Waals surface area contributed by atoms with Gasteiger partial charge in [0.25, 0.3) is 0 Å². The van der Waals surface area contributed by atoms with E-state index < -0.39 is 47.0 Å². The van der Waals surface area contributed by atoms with E-state index in [4.69, 9.17) is 0 Å². The Balaban J connectivity index is 1.48. The fourth-order valence-electron chi connectivity index (χ4n) is 4.56. The van der Waals surface area contributed by atoms with E-state index >= 15 is 0 Å². The molecule has 0 amide bonds. The van der Waals surface area contributed by atoms with Crippen molar-refractivity contribution in [3.8, 4) is 33.4 Å². The van der Waals surface area contributed by atoms with E-state index in [-0.39, 0.29) is 39.9 Å². The summed E-state index contributed by atoms with van der Waals surface area (Å²) in [6.45, 7) is 0. The van der Waals surface area contributed by atoms with Crippen molar-refractivity contribution in [3.05, 3.63) is 113 Å². The number of halogens is 12. The zero-order valence-electron chi connectivity index (χ0n) is 21.6. The van der Waals surface area contributed by atoms with Gasteiger partial charge in [0.1, 0.15) is 0 Å². The highest BCUT2D eigenvalue weighted by molar-refractivity contribution is 5.88. The molecule has 0 atom stereocenters. The van der Waals surface area contributed by atoms with Crippen LogP contribution in [0.25, 0.3) is 44.3 Å². The van der Waals surface area contributed by atoms with Gasteiger partial charge in [0, 0.05) is 17.1 Å². The van der Waals surface area contributed by atoms with Gasteiger partial charge in [-0.1, -0.05) is 36.4 Å². The van der Waals surface area contributed by atoms with Crippen LogP contribution in [0.5, 0.6) is 0 Å². The summed E-state index contributed by atoms with van der Waals surface area (Å²) < 4.78 is 159. The molecule has 13 heteroatoms. The van der Waals surface area contributed by atoms with Crippen LogP contribution < -0.4 is 0 Å². The summed E-state index contributed by atoms with van der Waals surface area (Å²) >= 11 is 0. The molecule has 5 aromatic rings. The van der Waals surface area contributed by atoms with E-state index in [1.807, 2.05) is 0 Å². The normalized spacial score (nSPS) is 13.0. The van der Waals surface area contributed by atoms with E-state index in [0.717, 1.165) is 0 Å². The molecule has 5 rings (SSSR count). The zero-order chi connectivity index (χ0) is 32.2. The lowest BCUT2D eigenvalue weighted by molar-refractivity contribution is -0.144. The molecule has 0 saturated heterocycles. The molecule has 1 heterocycles.